The first-order valence-electron chi connectivity index (χ1n) is 15.7. The first kappa shape index (κ1) is 25.3. The number of fused-ring (bicyclic) bond motifs is 9. The van der Waals surface area contributed by atoms with Crippen LogP contribution in [0, 0.1) is 6.92 Å². The Balaban J connectivity index is 1.10. The molecule has 0 unspecified atom stereocenters. The molecule has 0 spiro atoms. The first-order chi connectivity index (χ1) is 22.7. The number of aromatic nitrogens is 1. The van der Waals surface area contributed by atoms with Gasteiger partial charge in [0.15, 0.2) is 0 Å². The van der Waals surface area contributed by atoms with Crippen molar-refractivity contribution in [2.75, 3.05) is 0 Å². The first-order valence-corrected chi connectivity index (χ1v) is 15.7. The van der Waals surface area contributed by atoms with Crippen molar-refractivity contribution in [3.8, 4) is 27.9 Å². The Bertz CT molecular complexity index is 2770. The van der Waals surface area contributed by atoms with Gasteiger partial charge >= 0.3 is 0 Å². The molecule has 0 atom stereocenters. The summed E-state index contributed by atoms with van der Waals surface area (Å²) in [6, 6.07) is 52.0. The Morgan fingerprint density at radius 2 is 0.848 bits per heavy atom. The second-order valence-electron chi connectivity index (χ2n) is 12.3. The molecule has 0 aliphatic heterocycles. The highest BCUT2D eigenvalue weighted by Gasteiger charge is 2.15. The van der Waals surface area contributed by atoms with Gasteiger partial charge < -0.3 is 13.4 Å². The smallest absolute Gasteiger partial charge is 0.135 e. The molecule has 0 bridgehead atoms. The lowest BCUT2D eigenvalue weighted by Crippen LogP contribution is -1.93. The molecule has 216 valence electrons. The van der Waals surface area contributed by atoms with Crippen molar-refractivity contribution in [2.45, 2.75) is 6.92 Å². The van der Waals surface area contributed by atoms with Crippen molar-refractivity contribution in [1.82, 2.24) is 4.57 Å². The van der Waals surface area contributed by atoms with Crippen molar-refractivity contribution in [1.29, 1.82) is 0 Å². The average Bonchev–Trinajstić information content (AvgIpc) is 3.76. The maximum absolute atomic E-state index is 6.34. The molecule has 3 heterocycles. The molecule has 10 rings (SSSR count). The van der Waals surface area contributed by atoms with Gasteiger partial charge in [0, 0.05) is 38.0 Å². The third-order valence-electron chi connectivity index (χ3n) is 9.45. The second-order valence-corrected chi connectivity index (χ2v) is 12.3. The Morgan fingerprint density at radius 3 is 1.46 bits per heavy atom. The fraction of sp³-hybridized carbons (Fsp3) is 0.0233. The number of hydrogen-bond donors (Lipinski definition) is 0. The van der Waals surface area contributed by atoms with Crippen LogP contribution in [0.4, 0.5) is 0 Å². The summed E-state index contributed by atoms with van der Waals surface area (Å²) in [6.45, 7) is 2.12. The highest BCUT2D eigenvalue weighted by molar-refractivity contribution is 6.11. The summed E-state index contributed by atoms with van der Waals surface area (Å²) < 4.78 is 14.8. The van der Waals surface area contributed by atoms with E-state index in [1.165, 1.54) is 44.1 Å². The van der Waals surface area contributed by atoms with Crippen LogP contribution in [-0.4, -0.2) is 4.57 Å². The Labute approximate surface area is 264 Å². The molecule has 0 amide bonds. The van der Waals surface area contributed by atoms with Crippen LogP contribution in [0.25, 0.3) is 93.6 Å². The minimum absolute atomic E-state index is 0.890. The Morgan fingerprint density at radius 1 is 0.370 bits per heavy atom. The molecule has 0 fully saturated rings. The van der Waals surface area contributed by atoms with Gasteiger partial charge in [0.25, 0.3) is 0 Å². The fourth-order valence-electron chi connectivity index (χ4n) is 7.23. The van der Waals surface area contributed by atoms with Crippen molar-refractivity contribution in [3.05, 3.63) is 151 Å². The summed E-state index contributed by atoms with van der Waals surface area (Å²) in [5, 5.41) is 7.04. The van der Waals surface area contributed by atoms with E-state index in [2.05, 4.69) is 157 Å². The number of rotatable bonds is 3. The number of furan rings is 2. The standard InChI is InChI=1S/C43H27NO2/c1-26-13-17-40-34(21-26)35-23-29(14-18-41(35)45-40)27-7-6-8-28(22-27)30-15-19-42-36(24-30)37-25-31(16-20-43(37)46-42)44-38-11-4-2-9-32(38)33-10-3-5-12-39(33)44/h2-25H,1H3. The topological polar surface area (TPSA) is 31.2 Å². The monoisotopic (exact) mass is 589 g/mol. The summed E-state index contributed by atoms with van der Waals surface area (Å²) in [4.78, 5) is 0. The summed E-state index contributed by atoms with van der Waals surface area (Å²) in [7, 11) is 0. The van der Waals surface area contributed by atoms with E-state index in [0.717, 1.165) is 55.1 Å². The number of nitrogens with zero attached hydrogens (tertiary/aromatic N) is 1. The highest BCUT2D eigenvalue weighted by Crippen LogP contribution is 2.38. The molecule has 0 aliphatic rings. The Kier molecular flexibility index (Phi) is 5.20. The third kappa shape index (κ3) is 3.72. The van der Waals surface area contributed by atoms with E-state index in [9.17, 15) is 0 Å². The zero-order valence-electron chi connectivity index (χ0n) is 25.1. The van der Waals surface area contributed by atoms with Crippen LogP contribution in [0.1, 0.15) is 5.56 Å². The Hall–Kier alpha value is -6.06. The maximum atomic E-state index is 6.34. The quantitative estimate of drug-likeness (QED) is 0.205. The van der Waals surface area contributed by atoms with Gasteiger partial charge in [-0.2, -0.15) is 0 Å². The van der Waals surface area contributed by atoms with Crippen molar-refractivity contribution in [3.63, 3.8) is 0 Å². The molecule has 3 aromatic heterocycles. The molecule has 0 aliphatic carbocycles. The zero-order chi connectivity index (χ0) is 30.4. The van der Waals surface area contributed by atoms with Crippen molar-refractivity contribution < 1.29 is 8.83 Å². The fourth-order valence-corrected chi connectivity index (χ4v) is 7.23. The molecule has 46 heavy (non-hydrogen) atoms. The van der Waals surface area contributed by atoms with E-state index in [0.29, 0.717) is 0 Å². The van der Waals surface area contributed by atoms with E-state index >= 15 is 0 Å². The van der Waals surface area contributed by atoms with E-state index in [1.807, 2.05) is 0 Å². The van der Waals surface area contributed by atoms with Crippen LogP contribution in [0.3, 0.4) is 0 Å². The largest absolute Gasteiger partial charge is 0.456 e. The summed E-state index contributed by atoms with van der Waals surface area (Å²) in [5.74, 6) is 0. The summed E-state index contributed by atoms with van der Waals surface area (Å²) in [6.07, 6.45) is 0. The molecule has 0 saturated heterocycles. The van der Waals surface area contributed by atoms with Crippen molar-refractivity contribution >= 4 is 65.7 Å². The number of aryl methyl sites for hydroxylation is 1. The number of benzene rings is 7. The lowest BCUT2D eigenvalue weighted by molar-refractivity contribution is 0.668. The van der Waals surface area contributed by atoms with Gasteiger partial charge in [0.2, 0.25) is 0 Å². The minimum Gasteiger partial charge on any atom is -0.456 e. The van der Waals surface area contributed by atoms with Gasteiger partial charge in [-0.3, -0.25) is 0 Å². The van der Waals surface area contributed by atoms with Gasteiger partial charge in [0.1, 0.15) is 22.3 Å². The van der Waals surface area contributed by atoms with E-state index < -0.39 is 0 Å². The second kappa shape index (κ2) is 9.47. The van der Waals surface area contributed by atoms with Gasteiger partial charge in [-0.25, -0.2) is 0 Å². The maximum Gasteiger partial charge on any atom is 0.135 e. The van der Waals surface area contributed by atoms with Gasteiger partial charge in [-0.05, 0) is 102 Å². The molecular weight excluding hydrogens is 562 g/mol. The molecule has 0 saturated carbocycles. The van der Waals surface area contributed by atoms with Crippen LogP contribution in [0.15, 0.2) is 154 Å². The minimum atomic E-state index is 0.890. The lowest BCUT2D eigenvalue weighted by Gasteiger charge is -2.08. The summed E-state index contributed by atoms with van der Waals surface area (Å²) >= 11 is 0. The molecule has 0 radical (unpaired) electrons. The van der Waals surface area contributed by atoms with E-state index in [-0.39, 0.29) is 0 Å². The number of para-hydroxylation sites is 2. The molecule has 3 heteroatoms. The van der Waals surface area contributed by atoms with Crippen LogP contribution >= 0.6 is 0 Å². The van der Waals surface area contributed by atoms with E-state index in [4.69, 9.17) is 8.83 Å². The zero-order valence-corrected chi connectivity index (χ0v) is 25.1. The van der Waals surface area contributed by atoms with Crippen LogP contribution in [0.2, 0.25) is 0 Å². The normalized spacial score (nSPS) is 12.0. The molecule has 10 aromatic rings. The molecule has 7 aromatic carbocycles. The number of hydrogen-bond acceptors (Lipinski definition) is 2. The van der Waals surface area contributed by atoms with Gasteiger partial charge in [0.05, 0.1) is 11.0 Å². The molecule has 3 nitrogen and oxygen atoms in total. The average molecular weight is 590 g/mol. The predicted molar refractivity (Wildman–Crippen MR) is 191 cm³/mol. The summed E-state index contributed by atoms with van der Waals surface area (Å²) in [5.41, 5.74) is 13.0. The molecular formula is C43H27NO2. The molecule has 0 N–H and O–H groups in total. The third-order valence-corrected chi connectivity index (χ3v) is 9.45. The highest BCUT2D eigenvalue weighted by atomic mass is 16.3. The lowest BCUT2D eigenvalue weighted by atomic mass is 9.97. The van der Waals surface area contributed by atoms with Gasteiger partial charge in [-0.1, -0.05) is 78.4 Å². The van der Waals surface area contributed by atoms with Crippen LogP contribution in [-0.2, 0) is 0 Å². The van der Waals surface area contributed by atoms with Crippen molar-refractivity contribution in [2.24, 2.45) is 0 Å². The van der Waals surface area contributed by atoms with Gasteiger partial charge in [-0.15, -0.1) is 0 Å². The SMILES string of the molecule is Cc1ccc2oc3ccc(-c4cccc(-c5ccc6oc7ccc(-n8c9ccccc9c9ccccc98)cc7c6c5)c4)cc3c2c1. The predicted octanol–water partition coefficient (Wildman–Crippen LogP) is 12.2. The van der Waals surface area contributed by atoms with Crippen LogP contribution in [0.5, 0.6) is 0 Å². The van der Waals surface area contributed by atoms with E-state index in [1.54, 1.807) is 0 Å². The van der Waals surface area contributed by atoms with Crippen LogP contribution < -0.4 is 0 Å².